The van der Waals surface area contributed by atoms with Gasteiger partial charge in [0.05, 0.1) is 16.1 Å². The van der Waals surface area contributed by atoms with Crippen molar-refractivity contribution in [3.05, 3.63) is 100 Å². The Hall–Kier alpha value is -3.22. The van der Waals surface area contributed by atoms with Crippen LogP contribution in [-0.4, -0.2) is 27.3 Å². The number of thioether (sulfide) groups is 1. The molecule has 0 bridgehead atoms. The molecule has 1 saturated carbocycles. The molecule has 1 fully saturated rings. The first kappa shape index (κ1) is 26.4. The Morgan fingerprint density at radius 3 is 2.42 bits per heavy atom. The van der Waals surface area contributed by atoms with E-state index in [0.29, 0.717) is 11.6 Å². The number of rotatable bonds is 10. The molecule has 0 radical (unpaired) electrons. The number of anilines is 1. The summed E-state index contributed by atoms with van der Waals surface area (Å²) in [7, 11) is 0. The summed E-state index contributed by atoms with van der Waals surface area (Å²) in [4.78, 5) is 24.0. The second-order valence-electron chi connectivity index (χ2n) is 9.84. The van der Waals surface area contributed by atoms with Crippen LogP contribution in [-0.2, 0) is 23.5 Å². The van der Waals surface area contributed by atoms with Gasteiger partial charge in [-0.2, -0.15) is 11.8 Å². The number of aryl methyl sites for hydroxylation is 1. The van der Waals surface area contributed by atoms with Crippen molar-refractivity contribution in [3.63, 3.8) is 0 Å². The maximum absolute atomic E-state index is 12.7. The highest BCUT2D eigenvalue weighted by Crippen LogP contribution is 2.36. The summed E-state index contributed by atoms with van der Waals surface area (Å²) < 4.78 is 2.21. The molecule has 1 aliphatic rings. The summed E-state index contributed by atoms with van der Waals surface area (Å²) >= 11 is 8.84. The Labute approximate surface area is 232 Å². The van der Waals surface area contributed by atoms with Crippen molar-refractivity contribution in [1.29, 1.82) is 0 Å². The molecule has 38 heavy (non-hydrogen) atoms. The zero-order chi connectivity index (χ0) is 26.5. The third-order valence-corrected chi connectivity index (χ3v) is 8.65. The summed E-state index contributed by atoms with van der Waals surface area (Å²) in [6.45, 7) is 0.575. The highest BCUT2D eigenvalue weighted by molar-refractivity contribution is 7.98. The van der Waals surface area contributed by atoms with Crippen LogP contribution < -0.4 is 5.32 Å². The van der Waals surface area contributed by atoms with Crippen molar-refractivity contribution in [2.75, 3.05) is 11.1 Å². The van der Waals surface area contributed by atoms with E-state index >= 15 is 0 Å². The first-order valence-electron chi connectivity index (χ1n) is 13.0. The van der Waals surface area contributed by atoms with E-state index in [4.69, 9.17) is 11.6 Å². The standard InChI is InChI=1S/C31H31ClN2O3S/c32-29-26-18-25(33-30(35)23-8-4-5-9-23)14-15-27(26)34(19-22-10-12-24(13-11-22)31(36)37)28(29)20-38-17-16-21-6-2-1-3-7-21/h1-3,6-7,10-15,18,23H,4-5,8-9,16-17,19-20H2,(H,33,35)(H,36,37). The predicted octanol–water partition coefficient (Wildman–Crippen LogP) is 7.65. The van der Waals surface area contributed by atoms with Crippen molar-refractivity contribution >= 4 is 51.8 Å². The Bertz CT molecular complexity index is 1430. The third-order valence-electron chi connectivity index (χ3n) is 7.25. The molecule has 0 spiro atoms. The van der Waals surface area contributed by atoms with Crippen molar-refractivity contribution in [2.24, 2.45) is 5.92 Å². The third kappa shape index (κ3) is 6.08. The highest BCUT2D eigenvalue weighted by Gasteiger charge is 2.23. The van der Waals surface area contributed by atoms with Crippen LogP contribution in [0.2, 0.25) is 5.02 Å². The maximum Gasteiger partial charge on any atom is 0.335 e. The van der Waals surface area contributed by atoms with Crippen LogP contribution in [0.1, 0.15) is 52.9 Å². The molecule has 0 atom stereocenters. The lowest BCUT2D eigenvalue weighted by molar-refractivity contribution is -0.119. The van der Waals surface area contributed by atoms with Crippen LogP contribution >= 0.6 is 23.4 Å². The lowest BCUT2D eigenvalue weighted by Gasteiger charge is -2.13. The summed E-state index contributed by atoms with van der Waals surface area (Å²) in [6, 6.07) is 23.4. The Morgan fingerprint density at radius 2 is 1.71 bits per heavy atom. The zero-order valence-electron chi connectivity index (χ0n) is 21.2. The molecule has 4 aromatic rings. The predicted molar refractivity (Wildman–Crippen MR) is 156 cm³/mol. The molecule has 0 aliphatic heterocycles. The van der Waals surface area contributed by atoms with Crippen molar-refractivity contribution < 1.29 is 14.7 Å². The monoisotopic (exact) mass is 546 g/mol. The van der Waals surface area contributed by atoms with Gasteiger partial charge in [-0.1, -0.05) is 66.9 Å². The zero-order valence-corrected chi connectivity index (χ0v) is 22.7. The molecule has 1 amide bonds. The average Bonchev–Trinajstić information content (AvgIpc) is 3.56. The van der Waals surface area contributed by atoms with Gasteiger partial charge in [0.15, 0.2) is 0 Å². The lowest BCUT2D eigenvalue weighted by Crippen LogP contribution is -2.20. The molecular formula is C31H31ClN2O3S. The van der Waals surface area contributed by atoms with Crippen LogP contribution in [0.4, 0.5) is 5.69 Å². The number of aromatic nitrogens is 1. The minimum Gasteiger partial charge on any atom is -0.478 e. The average molecular weight is 547 g/mol. The summed E-state index contributed by atoms with van der Waals surface area (Å²) in [6.07, 6.45) is 5.12. The van der Waals surface area contributed by atoms with Gasteiger partial charge in [0.1, 0.15) is 0 Å². The van der Waals surface area contributed by atoms with Gasteiger partial charge in [-0.05, 0) is 66.5 Å². The normalized spacial score (nSPS) is 13.7. The maximum atomic E-state index is 12.7. The first-order chi connectivity index (χ1) is 18.5. The van der Waals surface area contributed by atoms with E-state index in [1.807, 2.05) is 48.2 Å². The van der Waals surface area contributed by atoms with Crippen LogP contribution in [0, 0.1) is 5.92 Å². The molecule has 5 nitrogen and oxygen atoms in total. The van der Waals surface area contributed by atoms with Crippen LogP contribution in [0.5, 0.6) is 0 Å². The number of carbonyl (C=O) groups excluding carboxylic acids is 1. The number of carbonyl (C=O) groups is 2. The van der Waals surface area contributed by atoms with E-state index in [0.717, 1.165) is 71.5 Å². The fourth-order valence-corrected chi connectivity index (χ4v) is 6.55. The van der Waals surface area contributed by atoms with Gasteiger partial charge in [-0.15, -0.1) is 0 Å². The molecule has 1 heterocycles. The number of carboxylic acids is 1. The Morgan fingerprint density at radius 1 is 0.974 bits per heavy atom. The molecular weight excluding hydrogens is 516 g/mol. The molecule has 196 valence electrons. The van der Waals surface area contributed by atoms with Gasteiger partial charge in [-0.25, -0.2) is 4.79 Å². The number of nitrogens with one attached hydrogen (secondary N) is 1. The Balaban J connectivity index is 1.40. The van der Waals surface area contributed by atoms with Gasteiger partial charge in [0, 0.05) is 35.0 Å². The van der Waals surface area contributed by atoms with E-state index in [1.165, 1.54) is 5.56 Å². The SMILES string of the molecule is O=C(O)c1ccc(Cn2c(CSCCc3ccccc3)c(Cl)c3cc(NC(=O)C4CCCC4)ccc32)cc1. The van der Waals surface area contributed by atoms with Crippen molar-refractivity contribution in [3.8, 4) is 0 Å². The van der Waals surface area contributed by atoms with Crippen LogP contribution in [0.25, 0.3) is 10.9 Å². The van der Waals surface area contributed by atoms with Crippen molar-refractivity contribution in [2.45, 2.75) is 44.4 Å². The molecule has 5 rings (SSSR count). The van der Waals surface area contributed by atoms with Gasteiger partial charge in [0.2, 0.25) is 5.91 Å². The molecule has 2 N–H and O–H groups in total. The molecule has 7 heteroatoms. The highest BCUT2D eigenvalue weighted by atomic mass is 35.5. The lowest BCUT2D eigenvalue weighted by atomic mass is 10.1. The number of carboxylic acid groups (broad SMARTS) is 1. The number of aromatic carboxylic acids is 1. The van der Waals surface area contributed by atoms with Gasteiger partial charge < -0.3 is 15.0 Å². The van der Waals surface area contributed by atoms with Crippen LogP contribution in [0.15, 0.2) is 72.8 Å². The molecule has 1 aromatic heterocycles. The Kier molecular flexibility index (Phi) is 8.40. The topological polar surface area (TPSA) is 71.3 Å². The minimum absolute atomic E-state index is 0.0904. The van der Waals surface area contributed by atoms with E-state index in [2.05, 4.69) is 34.1 Å². The molecule has 0 unspecified atom stereocenters. The smallest absolute Gasteiger partial charge is 0.335 e. The second-order valence-corrected chi connectivity index (χ2v) is 11.3. The number of fused-ring (bicyclic) bond motifs is 1. The molecule has 1 aliphatic carbocycles. The second kappa shape index (κ2) is 12.1. The van der Waals surface area contributed by atoms with E-state index in [9.17, 15) is 14.7 Å². The number of nitrogens with zero attached hydrogens (tertiary/aromatic N) is 1. The van der Waals surface area contributed by atoms with Gasteiger partial charge >= 0.3 is 5.97 Å². The number of hydrogen-bond donors (Lipinski definition) is 2. The summed E-state index contributed by atoms with van der Waals surface area (Å²) in [5.74, 6) is 0.965. The fraction of sp³-hybridized carbons (Fsp3) is 0.290. The van der Waals surface area contributed by atoms with E-state index < -0.39 is 5.97 Å². The molecule has 3 aromatic carbocycles. The number of amides is 1. The first-order valence-corrected chi connectivity index (χ1v) is 14.6. The number of benzene rings is 3. The van der Waals surface area contributed by atoms with Gasteiger partial charge in [-0.3, -0.25) is 4.79 Å². The number of halogens is 1. The van der Waals surface area contributed by atoms with E-state index in [-0.39, 0.29) is 17.4 Å². The van der Waals surface area contributed by atoms with E-state index in [1.54, 1.807) is 12.1 Å². The van der Waals surface area contributed by atoms with Gasteiger partial charge in [0.25, 0.3) is 0 Å². The summed E-state index contributed by atoms with van der Waals surface area (Å²) in [5.41, 5.74) is 5.37. The number of hydrogen-bond acceptors (Lipinski definition) is 3. The van der Waals surface area contributed by atoms with Crippen molar-refractivity contribution in [1.82, 2.24) is 4.57 Å². The van der Waals surface area contributed by atoms with Crippen LogP contribution in [0.3, 0.4) is 0 Å². The largest absolute Gasteiger partial charge is 0.478 e. The minimum atomic E-state index is -0.936. The molecule has 0 saturated heterocycles. The quantitative estimate of drug-likeness (QED) is 0.200. The fourth-order valence-electron chi connectivity index (χ4n) is 5.14. The summed E-state index contributed by atoms with van der Waals surface area (Å²) in [5, 5.41) is 14.0.